The van der Waals surface area contributed by atoms with Crippen molar-refractivity contribution in [1.29, 1.82) is 0 Å². The second kappa shape index (κ2) is 6.76. The summed E-state index contributed by atoms with van der Waals surface area (Å²) in [5.74, 6) is -1.40. The summed E-state index contributed by atoms with van der Waals surface area (Å²) in [5, 5.41) is 0.439. The Kier molecular flexibility index (Phi) is 5.34. The van der Waals surface area contributed by atoms with Gasteiger partial charge in [0.05, 0.1) is 17.3 Å². The van der Waals surface area contributed by atoms with E-state index in [1.54, 1.807) is 0 Å². The molecule has 10 heteroatoms. The summed E-state index contributed by atoms with van der Waals surface area (Å²) in [6.45, 7) is -0.277. The molecule has 2 rings (SSSR count). The molecule has 1 atom stereocenters. The number of nitrogens with zero attached hydrogens (tertiary/aromatic N) is 1. The van der Waals surface area contributed by atoms with E-state index in [2.05, 4.69) is 0 Å². The maximum absolute atomic E-state index is 12.6. The molecule has 0 unspecified atom stereocenters. The van der Waals surface area contributed by atoms with Crippen molar-refractivity contribution in [3.05, 3.63) is 34.9 Å². The van der Waals surface area contributed by atoms with E-state index in [1.807, 2.05) is 0 Å². The first-order valence-corrected chi connectivity index (χ1v) is 10.6. The molecule has 1 aliphatic rings. The molecule has 0 aliphatic carbocycles. The van der Waals surface area contributed by atoms with Gasteiger partial charge in [0.2, 0.25) is 0 Å². The fraction of sp³-hybridized carbons (Fsp3) is 0.462. The highest BCUT2D eigenvalue weighted by Gasteiger charge is 2.35. The van der Waals surface area contributed by atoms with Crippen LogP contribution in [0.15, 0.2) is 24.3 Å². The minimum atomic E-state index is -4.26. The lowest BCUT2D eigenvalue weighted by Crippen LogP contribution is -2.43. The van der Waals surface area contributed by atoms with Gasteiger partial charge in [0.1, 0.15) is 0 Å². The van der Waals surface area contributed by atoms with Crippen molar-refractivity contribution in [3.63, 3.8) is 0 Å². The Labute approximate surface area is 139 Å². The first-order valence-electron chi connectivity index (χ1n) is 6.79. The average Bonchev–Trinajstić information content (AvgIpc) is 2.78. The Bertz CT molecular complexity index is 788. The number of carbonyl (C=O) groups is 1. The second-order valence-corrected chi connectivity index (χ2v) is 9.59. The van der Waals surface area contributed by atoms with Crippen LogP contribution in [0.1, 0.15) is 16.8 Å². The highest BCUT2D eigenvalue weighted by atomic mass is 35.5. The molecular weight excluding hydrogens is 366 g/mol. The number of hydrogen-bond donors (Lipinski definition) is 1. The summed E-state index contributed by atoms with van der Waals surface area (Å²) in [7, 11) is -7.51. The lowest BCUT2D eigenvalue weighted by molar-refractivity contribution is 0.0709. The van der Waals surface area contributed by atoms with Crippen molar-refractivity contribution < 1.29 is 26.2 Å². The van der Waals surface area contributed by atoms with Gasteiger partial charge < -0.3 is 4.90 Å². The Morgan fingerprint density at radius 3 is 2.39 bits per heavy atom. The van der Waals surface area contributed by atoms with Gasteiger partial charge in [-0.1, -0.05) is 11.6 Å². The molecule has 128 valence electrons. The fourth-order valence-corrected chi connectivity index (χ4v) is 4.73. The topological polar surface area (TPSA) is 109 Å². The van der Waals surface area contributed by atoms with Crippen molar-refractivity contribution >= 4 is 37.5 Å². The molecule has 0 spiro atoms. The van der Waals surface area contributed by atoms with Gasteiger partial charge >= 0.3 is 0 Å². The standard InChI is InChI=1S/C13H16ClNO6S2/c14-11-3-1-10(2-4-11)13(16)15(6-8-23(19,20)21)12-5-7-22(17,18)9-12/h1-4,12H,5-9H2,(H,19,20,21)/t12-/m1/s1. The average molecular weight is 382 g/mol. The monoisotopic (exact) mass is 381 g/mol. The molecule has 1 heterocycles. The molecular formula is C13H16ClNO6S2. The summed E-state index contributed by atoms with van der Waals surface area (Å²) in [4.78, 5) is 13.8. The zero-order valence-corrected chi connectivity index (χ0v) is 14.4. The summed E-state index contributed by atoms with van der Waals surface area (Å²) >= 11 is 5.76. The van der Waals surface area contributed by atoms with Gasteiger partial charge in [-0.25, -0.2) is 8.42 Å². The van der Waals surface area contributed by atoms with Crippen LogP contribution in [0.2, 0.25) is 5.02 Å². The summed E-state index contributed by atoms with van der Waals surface area (Å²) < 4.78 is 54.1. The van der Waals surface area contributed by atoms with E-state index in [0.717, 1.165) is 0 Å². The molecule has 1 fully saturated rings. The third-order valence-corrected chi connectivity index (χ3v) is 6.29. The molecule has 0 bridgehead atoms. The first kappa shape index (κ1) is 18.2. The quantitative estimate of drug-likeness (QED) is 0.757. The summed E-state index contributed by atoms with van der Waals surface area (Å²) in [6, 6.07) is 5.38. The van der Waals surface area contributed by atoms with Crippen LogP contribution in [0, 0.1) is 0 Å². The number of carbonyl (C=O) groups excluding carboxylic acids is 1. The van der Waals surface area contributed by atoms with Crippen LogP contribution in [0.4, 0.5) is 0 Å². The van der Waals surface area contributed by atoms with E-state index in [-0.39, 0.29) is 30.0 Å². The van der Waals surface area contributed by atoms with E-state index in [1.165, 1.54) is 29.2 Å². The Hall–Kier alpha value is -1.16. The molecule has 0 aromatic heterocycles. The van der Waals surface area contributed by atoms with Gasteiger partial charge in [-0.05, 0) is 30.7 Å². The Morgan fingerprint density at radius 2 is 1.91 bits per heavy atom. The van der Waals surface area contributed by atoms with Gasteiger partial charge in [0.25, 0.3) is 16.0 Å². The minimum absolute atomic E-state index is 0.0477. The summed E-state index contributed by atoms with van der Waals surface area (Å²) in [6.07, 6.45) is 0.243. The van der Waals surface area contributed by atoms with Crippen LogP contribution in [-0.4, -0.2) is 62.0 Å². The number of rotatable bonds is 5. The smallest absolute Gasteiger partial charge is 0.266 e. The van der Waals surface area contributed by atoms with Crippen LogP contribution < -0.4 is 0 Å². The van der Waals surface area contributed by atoms with Gasteiger partial charge in [0.15, 0.2) is 9.84 Å². The number of benzene rings is 1. The molecule has 7 nitrogen and oxygen atoms in total. The maximum atomic E-state index is 12.6. The summed E-state index contributed by atoms with van der Waals surface area (Å²) in [5.41, 5.74) is 0.272. The zero-order valence-electron chi connectivity index (χ0n) is 12.1. The van der Waals surface area contributed by atoms with Crippen molar-refractivity contribution in [2.45, 2.75) is 12.5 Å². The van der Waals surface area contributed by atoms with E-state index in [4.69, 9.17) is 16.2 Å². The van der Waals surface area contributed by atoms with Crippen LogP contribution in [-0.2, 0) is 20.0 Å². The highest BCUT2D eigenvalue weighted by molar-refractivity contribution is 7.91. The highest BCUT2D eigenvalue weighted by Crippen LogP contribution is 2.21. The molecule has 0 saturated carbocycles. The molecule has 1 aromatic carbocycles. The molecule has 1 aliphatic heterocycles. The van der Waals surface area contributed by atoms with Gasteiger partial charge in [-0.15, -0.1) is 0 Å². The number of hydrogen-bond acceptors (Lipinski definition) is 5. The molecule has 1 amide bonds. The normalized spacial score (nSPS) is 20.3. The van der Waals surface area contributed by atoms with Crippen molar-refractivity contribution in [3.8, 4) is 0 Å². The molecule has 1 aromatic rings. The third-order valence-electron chi connectivity index (χ3n) is 3.59. The molecule has 23 heavy (non-hydrogen) atoms. The Balaban J connectivity index is 2.25. The lowest BCUT2D eigenvalue weighted by Gasteiger charge is -2.28. The number of halogens is 1. The Morgan fingerprint density at radius 1 is 1.30 bits per heavy atom. The van der Waals surface area contributed by atoms with Crippen molar-refractivity contribution in [1.82, 2.24) is 4.90 Å². The third kappa shape index (κ3) is 5.17. The van der Waals surface area contributed by atoms with Gasteiger partial charge in [0, 0.05) is 23.2 Å². The molecule has 0 radical (unpaired) electrons. The zero-order chi connectivity index (χ0) is 17.3. The first-order chi connectivity index (χ1) is 10.6. The minimum Gasteiger partial charge on any atom is -0.333 e. The van der Waals surface area contributed by atoms with E-state index in [9.17, 15) is 21.6 Å². The lowest BCUT2D eigenvalue weighted by atomic mass is 10.1. The fourth-order valence-electron chi connectivity index (χ4n) is 2.44. The van der Waals surface area contributed by atoms with Crippen LogP contribution in [0.25, 0.3) is 0 Å². The molecule has 1 saturated heterocycles. The second-order valence-electron chi connectivity index (χ2n) is 5.35. The van der Waals surface area contributed by atoms with E-state index < -0.39 is 37.7 Å². The predicted octanol–water partition coefficient (Wildman–Crippen LogP) is 0.857. The maximum Gasteiger partial charge on any atom is 0.266 e. The van der Waals surface area contributed by atoms with Crippen LogP contribution in [0.3, 0.4) is 0 Å². The number of amides is 1. The van der Waals surface area contributed by atoms with Gasteiger partial charge in [-0.2, -0.15) is 8.42 Å². The van der Waals surface area contributed by atoms with Crippen LogP contribution >= 0.6 is 11.6 Å². The van der Waals surface area contributed by atoms with E-state index >= 15 is 0 Å². The molecule has 1 N–H and O–H groups in total. The van der Waals surface area contributed by atoms with Crippen molar-refractivity contribution in [2.24, 2.45) is 0 Å². The van der Waals surface area contributed by atoms with Crippen molar-refractivity contribution in [2.75, 3.05) is 23.8 Å². The van der Waals surface area contributed by atoms with Gasteiger partial charge in [-0.3, -0.25) is 9.35 Å². The largest absolute Gasteiger partial charge is 0.333 e. The predicted molar refractivity (Wildman–Crippen MR) is 86.0 cm³/mol. The van der Waals surface area contributed by atoms with Crippen LogP contribution in [0.5, 0.6) is 0 Å². The SMILES string of the molecule is O=C(c1ccc(Cl)cc1)N(CCS(=O)(=O)O)[C@@H]1CCS(=O)(=O)C1. The van der Waals surface area contributed by atoms with E-state index in [0.29, 0.717) is 5.02 Å². The number of sulfone groups is 1.